The molecule has 5 aromatic rings. The van der Waals surface area contributed by atoms with Gasteiger partial charge < -0.3 is 14.3 Å². The first-order valence-corrected chi connectivity index (χ1v) is 10.1. The lowest BCUT2D eigenvalue weighted by atomic mass is 10.1. The predicted octanol–water partition coefficient (Wildman–Crippen LogP) is 3.67. The zero-order chi connectivity index (χ0) is 22.2. The minimum absolute atomic E-state index is 0.230. The minimum Gasteiger partial charge on any atom is -0.465 e. The molecular formula is C24H19FN4O3. The third kappa shape index (κ3) is 3.56. The van der Waals surface area contributed by atoms with E-state index in [1.807, 2.05) is 19.1 Å². The maximum atomic E-state index is 13.3. The van der Waals surface area contributed by atoms with E-state index in [4.69, 9.17) is 4.42 Å². The second-order valence-electron chi connectivity index (χ2n) is 7.54. The van der Waals surface area contributed by atoms with Gasteiger partial charge in [-0.05, 0) is 61.0 Å². The van der Waals surface area contributed by atoms with Crippen LogP contribution in [0.2, 0.25) is 0 Å². The van der Waals surface area contributed by atoms with E-state index in [0.29, 0.717) is 27.9 Å². The summed E-state index contributed by atoms with van der Waals surface area (Å²) in [6.07, 6.45) is 1.56. The van der Waals surface area contributed by atoms with E-state index >= 15 is 0 Å². The van der Waals surface area contributed by atoms with Gasteiger partial charge >= 0.3 is 0 Å². The molecule has 32 heavy (non-hydrogen) atoms. The predicted molar refractivity (Wildman–Crippen MR) is 117 cm³/mol. The van der Waals surface area contributed by atoms with Gasteiger partial charge in [0.2, 0.25) is 0 Å². The number of amides is 1. The van der Waals surface area contributed by atoms with Crippen molar-refractivity contribution in [2.24, 2.45) is 0 Å². The lowest BCUT2D eigenvalue weighted by Gasteiger charge is -2.13. The number of nitrogens with zero attached hydrogens (tertiary/aromatic N) is 3. The Labute approximate surface area is 181 Å². The van der Waals surface area contributed by atoms with Crippen LogP contribution in [0.25, 0.3) is 16.6 Å². The Morgan fingerprint density at radius 3 is 2.59 bits per heavy atom. The standard InChI is InChI=1S/C24H19FN4O3/c1-15-2-8-19(32-15)13-26-23(30)17-5-9-20-22(12-17)28(14-16-3-6-18(25)7-4-16)24(31)21-10-11-27-29(20)21/h2-12H,13-14H2,1H3,(H,26,30). The summed E-state index contributed by atoms with van der Waals surface area (Å²) < 4.78 is 22.0. The molecule has 5 rings (SSSR count). The highest BCUT2D eigenvalue weighted by atomic mass is 19.1. The summed E-state index contributed by atoms with van der Waals surface area (Å²) in [7, 11) is 0. The Balaban J connectivity index is 1.57. The van der Waals surface area contributed by atoms with Gasteiger partial charge in [-0.25, -0.2) is 8.91 Å². The number of hydrogen-bond acceptors (Lipinski definition) is 4. The Kier molecular flexibility index (Phi) is 4.82. The molecule has 8 heteroatoms. The number of hydrogen-bond donors (Lipinski definition) is 1. The van der Waals surface area contributed by atoms with Gasteiger partial charge in [-0.3, -0.25) is 9.59 Å². The quantitative estimate of drug-likeness (QED) is 0.461. The van der Waals surface area contributed by atoms with Gasteiger partial charge in [0.1, 0.15) is 22.9 Å². The van der Waals surface area contributed by atoms with Gasteiger partial charge in [-0.2, -0.15) is 5.10 Å². The van der Waals surface area contributed by atoms with Crippen LogP contribution >= 0.6 is 0 Å². The minimum atomic E-state index is -0.345. The van der Waals surface area contributed by atoms with Crippen LogP contribution in [0.3, 0.4) is 0 Å². The number of rotatable bonds is 5. The van der Waals surface area contributed by atoms with Gasteiger partial charge in [-0.15, -0.1) is 0 Å². The van der Waals surface area contributed by atoms with Crippen molar-refractivity contribution >= 4 is 22.5 Å². The molecule has 0 bridgehead atoms. The van der Waals surface area contributed by atoms with Crippen molar-refractivity contribution in [3.05, 3.63) is 106 Å². The molecular weight excluding hydrogens is 411 g/mol. The maximum absolute atomic E-state index is 13.3. The monoisotopic (exact) mass is 430 g/mol. The molecule has 0 aliphatic heterocycles. The van der Waals surface area contributed by atoms with Crippen LogP contribution in [0.4, 0.5) is 4.39 Å². The summed E-state index contributed by atoms with van der Waals surface area (Å²) in [6, 6.07) is 16.4. The summed E-state index contributed by atoms with van der Waals surface area (Å²) in [5.41, 5.74) is 2.58. The Morgan fingerprint density at radius 2 is 1.84 bits per heavy atom. The van der Waals surface area contributed by atoms with E-state index in [-0.39, 0.29) is 30.4 Å². The molecule has 7 nitrogen and oxygen atoms in total. The number of aromatic nitrogens is 3. The van der Waals surface area contributed by atoms with Gasteiger partial charge in [-0.1, -0.05) is 12.1 Å². The fraction of sp³-hybridized carbons (Fsp3) is 0.125. The molecule has 0 unspecified atom stereocenters. The van der Waals surface area contributed by atoms with Crippen molar-refractivity contribution in [1.82, 2.24) is 19.5 Å². The van der Waals surface area contributed by atoms with Crippen LogP contribution in [-0.4, -0.2) is 20.1 Å². The molecule has 0 spiro atoms. The van der Waals surface area contributed by atoms with Crippen LogP contribution in [-0.2, 0) is 13.1 Å². The molecule has 0 radical (unpaired) electrons. The largest absolute Gasteiger partial charge is 0.465 e. The highest BCUT2D eigenvalue weighted by molar-refractivity contribution is 5.97. The van der Waals surface area contributed by atoms with E-state index in [1.165, 1.54) is 12.1 Å². The van der Waals surface area contributed by atoms with Crippen molar-refractivity contribution in [1.29, 1.82) is 0 Å². The number of fused-ring (bicyclic) bond motifs is 3. The van der Waals surface area contributed by atoms with Crippen LogP contribution in [0.15, 0.2) is 76.1 Å². The Morgan fingerprint density at radius 1 is 1.03 bits per heavy atom. The van der Waals surface area contributed by atoms with Gasteiger partial charge in [0.25, 0.3) is 11.5 Å². The topological polar surface area (TPSA) is 81.5 Å². The third-order valence-corrected chi connectivity index (χ3v) is 5.34. The average molecular weight is 430 g/mol. The summed E-state index contributed by atoms with van der Waals surface area (Å²) in [5.74, 6) is 0.793. The second kappa shape index (κ2) is 7.81. The molecule has 1 N–H and O–H groups in total. The lowest BCUT2D eigenvalue weighted by Crippen LogP contribution is -2.25. The van der Waals surface area contributed by atoms with E-state index in [2.05, 4.69) is 10.4 Å². The van der Waals surface area contributed by atoms with Crippen molar-refractivity contribution in [2.45, 2.75) is 20.0 Å². The number of furan rings is 1. The van der Waals surface area contributed by atoms with Crippen LogP contribution in [0.1, 0.15) is 27.4 Å². The van der Waals surface area contributed by atoms with E-state index in [9.17, 15) is 14.0 Å². The first-order valence-electron chi connectivity index (χ1n) is 10.1. The summed E-state index contributed by atoms with van der Waals surface area (Å²) in [5, 5.41) is 7.09. The maximum Gasteiger partial charge on any atom is 0.277 e. The molecule has 3 heterocycles. The molecule has 0 atom stereocenters. The zero-order valence-electron chi connectivity index (χ0n) is 17.2. The van der Waals surface area contributed by atoms with Crippen molar-refractivity contribution in [3.8, 4) is 0 Å². The molecule has 1 amide bonds. The molecule has 0 aliphatic rings. The number of aryl methyl sites for hydroxylation is 1. The number of carbonyl (C=O) groups excluding carboxylic acids is 1. The molecule has 3 aromatic heterocycles. The van der Waals surface area contributed by atoms with Gasteiger partial charge in [0.15, 0.2) is 0 Å². The number of benzene rings is 2. The highest BCUT2D eigenvalue weighted by Gasteiger charge is 2.15. The van der Waals surface area contributed by atoms with Gasteiger partial charge in [0, 0.05) is 5.56 Å². The van der Waals surface area contributed by atoms with Crippen molar-refractivity contribution in [3.63, 3.8) is 0 Å². The first kappa shape index (κ1) is 19.7. The first-order chi connectivity index (χ1) is 15.5. The molecule has 0 saturated carbocycles. The molecule has 0 saturated heterocycles. The number of nitrogens with one attached hydrogen (secondary N) is 1. The summed E-state index contributed by atoms with van der Waals surface area (Å²) in [6.45, 7) is 2.32. The second-order valence-corrected chi connectivity index (χ2v) is 7.54. The lowest BCUT2D eigenvalue weighted by molar-refractivity contribution is 0.0948. The molecule has 0 fully saturated rings. The fourth-order valence-electron chi connectivity index (χ4n) is 3.74. The third-order valence-electron chi connectivity index (χ3n) is 5.34. The normalized spacial score (nSPS) is 11.3. The van der Waals surface area contributed by atoms with Crippen LogP contribution in [0, 0.1) is 12.7 Å². The molecule has 0 aliphatic carbocycles. The SMILES string of the molecule is Cc1ccc(CNC(=O)c2ccc3c(c2)n(Cc2ccc(F)cc2)c(=O)c2ccnn23)o1. The van der Waals surface area contributed by atoms with Crippen LogP contribution < -0.4 is 10.9 Å². The van der Waals surface area contributed by atoms with E-state index in [1.54, 1.807) is 51.7 Å². The van der Waals surface area contributed by atoms with E-state index < -0.39 is 0 Å². The van der Waals surface area contributed by atoms with Crippen molar-refractivity contribution < 1.29 is 13.6 Å². The Bertz CT molecular complexity index is 1510. The molecule has 160 valence electrons. The average Bonchev–Trinajstić information content (AvgIpc) is 3.45. The fourth-order valence-corrected chi connectivity index (χ4v) is 3.74. The van der Waals surface area contributed by atoms with Gasteiger partial charge in [0.05, 0.1) is 30.3 Å². The number of halogens is 1. The van der Waals surface area contributed by atoms with E-state index in [0.717, 1.165) is 11.3 Å². The Hall–Kier alpha value is -4.20. The zero-order valence-corrected chi connectivity index (χ0v) is 17.2. The van der Waals surface area contributed by atoms with Crippen LogP contribution in [0.5, 0.6) is 0 Å². The highest BCUT2D eigenvalue weighted by Crippen LogP contribution is 2.18. The summed E-state index contributed by atoms with van der Waals surface area (Å²) in [4.78, 5) is 26.0. The molecule has 2 aromatic carbocycles. The summed E-state index contributed by atoms with van der Waals surface area (Å²) >= 11 is 0. The smallest absolute Gasteiger partial charge is 0.277 e. The number of carbonyl (C=O) groups is 1. The van der Waals surface area contributed by atoms with Crippen molar-refractivity contribution in [2.75, 3.05) is 0 Å².